The lowest BCUT2D eigenvalue weighted by Crippen LogP contribution is -2.09. The molecule has 20 heavy (non-hydrogen) atoms. The van der Waals surface area contributed by atoms with Gasteiger partial charge in [0.15, 0.2) is 0 Å². The highest BCUT2D eigenvalue weighted by molar-refractivity contribution is 5.32. The van der Waals surface area contributed by atoms with Gasteiger partial charge in [-0.15, -0.1) is 0 Å². The predicted octanol–water partition coefficient (Wildman–Crippen LogP) is 3.38. The summed E-state index contributed by atoms with van der Waals surface area (Å²) in [6.45, 7) is 4.08. The van der Waals surface area contributed by atoms with Crippen LogP contribution in [0.1, 0.15) is 18.1 Å². The molecular weight excluding hydrogens is 250 g/mol. The van der Waals surface area contributed by atoms with E-state index in [4.69, 9.17) is 9.47 Å². The molecule has 0 unspecified atom stereocenters. The van der Waals surface area contributed by atoms with Gasteiger partial charge in [-0.3, -0.25) is 0 Å². The van der Waals surface area contributed by atoms with Crippen LogP contribution in [0.25, 0.3) is 0 Å². The van der Waals surface area contributed by atoms with E-state index < -0.39 is 0 Å². The van der Waals surface area contributed by atoms with Gasteiger partial charge in [-0.2, -0.15) is 0 Å². The molecular formula is C17H21NO2. The predicted molar refractivity (Wildman–Crippen MR) is 81.1 cm³/mol. The molecule has 3 nitrogen and oxygen atoms in total. The highest BCUT2D eigenvalue weighted by atomic mass is 16.5. The zero-order valence-corrected chi connectivity index (χ0v) is 12.1. The van der Waals surface area contributed by atoms with Crippen LogP contribution in [0.4, 0.5) is 0 Å². The fourth-order valence-electron chi connectivity index (χ4n) is 2.02. The Morgan fingerprint density at radius 2 is 1.45 bits per heavy atom. The minimum atomic E-state index is 0.575. The van der Waals surface area contributed by atoms with Gasteiger partial charge in [-0.25, -0.2) is 0 Å². The minimum absolute atomic E-state index is 0.575. The molecule has 0 saturated heterocycles. The van der Waals surface area contributed by atoms with Gasteiger partial charge in [0.05, 0.1) is 6.61 Å². The molecule has 2 rings (SSSR count). The smallest absolute Gasteiger partial charge is 0.120 e. The second-order valence-electron chi connectivity index (χ2n) is 4.49. The van der Waals surface area contributed by atoms with Crippen molar-refractivity contribution < 1.29 is 9.47 Å². The van der Waals surface area contributed by atoms with E-state index in [1.165, 1.54) is 11.1 Å². The molecule has 2 aromatic carbocycles. The van der Waals surface area contributed by atoms with Crippen molar-refractivity contribution in [2.24, 2.45) is 0 Å². The van der Waals surface area contributed by atoms with E-state index in [9.17, 15) is 0 Å². The molecule has 0 saturated carbocycles. The maximum atomic E-state index is 5.83. The molecule has 0 fully saturated rings. The van der Waals surface area contributed by atoms with E-state index in [2.05, 4.69) is 17.4 Å². The van der Waals surface area contributed by atoms with Crippen LogP contribution in [0.15, 0.2) is 48.5 Å². The molecule has 0 heterocycles. The second-order valence-corrected chi connectivity index (χ2v) is 4.49. The number of hydrogen-bond acceptors (Lipinski definition) is 3. The van der Waals surface area contributed by atoms with Crippen molar-refractivity contribution in [3.8, 4) is 11.5 Å². The number of nitrogens with one attached hydrogen (secondary N) is 1. The van der Waals surface area contributed by atoms with Crippen molar-refractivity contribution >= 4 is 0 Å². The molecule has 0 atom stereocenters. The third-order valence-corrected chi connectivity index (χ3v) is 3.01. The monoisotopic (exact) mass is 271 g/mol. The molecule has 0 radical (unpaired) electrons. The number of ether oxygens (including phenoxy) is 2. The standard InChI is InChI=1S/C17H21NO2/c1-3-19-16-8-10-17(11-9-16)20-13-15-7-5-4-6-14(15)12-18-2/h4-11,18H,3,12-13H2,1-2H3. The molecule has 0 aliphatic heterocycles. The fraction of sp³-hybridized carbons (Fsp3) is 0.294. The summed E-state index contributed by atoms with van der Waals surface area (Å²) >= 11 is 0. The Bertz CT molecular complexity index is 523. The van der Waals surface area contributed by atoms with Crippen LogP contribution < -0.4 is 14.8 Å². The van der Waals surface area contributed by atoms with Gasteiger partial charge in [0.1, 0.15) is 18.1 Å². The van der Waals surface area contributed by atoms with Crippen molar-refractivity contribution in [3.05, 3.63) is 59.7 Å². The van der Waals surface area contributed by atoms with E-state index in [1.54, 1.807) is 0 Å². The van der Waals surface area contributed by atoms with Gasteiger partial charge in [0.2, 0.25) is 0 Å². The highest BCUT2D eigenvalue weighted by Gasteiger charge is 2.02. The molecule has 0 aliphatic rings. The van der Waals surface area contributed by atoms with Gasteiger partial charge in [0, 0.05) is 6.54 Å². The van der Waals surface area contributed by atoms with Crippen molar-refractivity contribution in [1.29, 1.82) is 0 Å². The molecule has 0 spiro atoms. The molecule has 2 aromatic rings. The Labute approximate surface area is 120 Å². The van der Waals surface area contributed by atoms with E-state index in [0.717, 1.165) is 18.0 Å². The zero-order valence-electron chi connectivity index (χ0n) is 12.1. The van der Waals surface area contributed by atoms with Crippen LogP contribution in [-0.4, -0.2) is 13.7 Å². The summed E-state index contributed by atoms with van der Waals surface area (Å²) in [6, 6.07) is 16.0. The molecule has 1 N–H and O–H groups in total. The van der Waals surface area contributed by atoms with Crippen molar-refractivity contribution in [1.82, 2.24) is 5.32 Å². The van der Waals surface area contributed by atoms with Crippen molar-refractivity contribution in [3.63, 3.8) is 0 Å². The van der Waals surface area contributed by atoms with E-state index in [1.807, 2.05) is 50.4 Å². The van der Waals surface area contributed by atoms with Crippen molar-refractivity contribution in [2.75, 3.05) is 13.7 Å². The first kappa shape index (κ1) is 14.4. The first-order chi connectivity index (χ1) is 9.83. The minimum Gasteiger partial charge on any atom is -0.494 e. The van der Waals surface area contributed by atoms with E-state index in [-0.39, 0.29) is 0 Å². The third-order valence-electron chi connectivity index (χ3n) is 3.01. The summed E-state index contributed by atoms with van der Waals surface area (Å²) in [5.74, 6) is 1.73. The third kappa shape index (κ3) is 4.00. The molecule has 106 valence electrons. The van der Waals surface area contributed by atoms with Crippen molar-refractivity contribution in [2.45, 2.75) is 20.1 Å². The lowest BCUT2D eigenvalue weighted by Gasteiger charge is -2.11. The number of hydrogen-bond donors (Lipinski definition) is 1. The Morgan fingerprint density at radius 1 is 0.850 bits per heavy atom. The van der Waals surface area contributed by atoms with E-state index >= 15 is 0 Å². The highest BCUT2D eigenvalue weighted by Crippen LogP contribution is 2.19. The van der Waals surface area contributed by atoms with Crippen LogP contribution in [-0.2, 0) is 13.2 Å². The Morgan fingerprint density at radius 3 is 2.05 bits per heavy atom. The van der Waals surface area contributed by atoms with Crippen LogP contribution in [0, 0.1) is 0 Å². The number of rotatable bonds is 7. The Kier molecular flexibility index (Phi) is 5.44. The van der Waals surface area contributed by atoms with Gasteiger partial charge in [0.25, 0.3) is 0 Å². The fourth-order valence-corrected chi connectivity index (χ4v) is 2.02. The van der Waals surface area contributed by atoms with Gasteiger partial charge >= 0.3 is 0 Å². The SMILES string of the molecule is CCOc1ccc(OCc2ccccc2CNC)cc1. The summed E-state index contributed by atoms with van der Waals surface area (Å²) in [5, 5.41) is 3.17. The van der Waals surface area contributed by atoms with Gasteiger partial charge in [-0.1, -0.05) is 24.3 Å². The average Bonchev–Trinajstić information content (AvgIpc) is 2.48. The van der Waals surface area contributed by atoms with Crippen LogP contribution >= 0.6 is 0 Å². The molecule has 0 aromatic heterocycles. The van der Waals surface area contributed by atoms with Gasteiger partial charge in [-0.05, 0) is 49.4 Å². The summed E-state index contributed by atoms with van der Waals surface area (Å²) in [4.78, 5) is 0. The molecule has 0 amide bonds. The Balaban J connectivity index is 1.97. The first-order valence-electron chi connectivity index (χ1n) is 6.90. The van der Waals surface area contributed by atoms with E-state index in [0.29, 0.717) is 13.2 Å². The molecule has 3 heteroatoms. The average molecular weight is 271 g/mol. The zero-order chi connectivity index (χ0) is 14.2. The lowest BCUT2D eigenvalue weighted by molar-refractivity contribution is 0.302. The van der Waals surface area contributed by atoms with Gasteiger partial charge < -0.3 is 14.8 Å². The summed E-state index contributed by atoms with van der Waals surface area (Å²) < 4.78 is 11.2. The second kappa shape index (κ2) is 7.56. The van der Waals surface area contributed by atoms with Crippen LogP contribution in [0.3, 0.4) is 0 Å². The summed E-state index contributed by atoms with van der Waals surface area (Å²) in [5.41, 5.74) is 2.47. The Hall–Kier alpha value is -2.00. The summed E-state index contributed by atoms with van der Waals surface area (Å²) in [7, 11) is 1.95. The molecule has 0 bridgehead atoms. The maximum Gasteiger partial charge on any atom is 0.120 e. The number of benzene rings is 2. The topological polar surface area (TPSA) is 30.5 Å². The maximum absolute atomic E-state index is 5.83. The molecule has 0 aliphatic carbocycles. The largest absolute Gasteiger partial charge is 0.494 e. The summed E-state index contributed by atoms with van der Waals surface area (Å²) in [6.07, 6.45) is 0. The lowest BCUT2D eigenvalue weighted by atomic mass is 10.1. The van der Waals surface area contributed by atoms with Crippen LogP contribution in [0.2, 0.25) is 0 Å². The first-order valence-corrected chi connectivity index (χ1v) is 6.90. The quantitative estimate of drug-likeness (QED) is 0.837. The normalized spacial score (nSPS) is 10.3. The van der Waals surface area contributed by atoms with Crippen LogP contribution in [0.5, 0.6) is 11.5 Å².